The normalized spacial score (nSPS) is 16.0. The van der Waals surface area contributed by atoms with Crippen LogP contribution < -0.4 is 4.90 Å². The Morgan fingerprint density at radius 1 is 1.19 bits per heavy atom. The summed E-state index contributed by atoms with van der Waals surface area (Å²) < 4.78 is 18.5. The van der Waals surface area contributed by atoms with Crippen LogP contribution in [0.15, 0.2) is 18.2 Å². The van der Waals surface area contributed by atoms with E-state index in [1.165, 1.54) is 12.1 Å². The van der Waals surface area contributed by atoms with Gasteiger partial charge in [-0.05, 0) is 51.5 Å². The Hall–Kier alpha value is -1.78. The Balaban J connectivity index is 1.95. The van der Waals surface area contributed by atoms with Gasteiger partial charge in [-0.1, -0.05) is 0 Å². The van der Waals surface area contributed by atoms with Gasteiger partial charge in [-0.2, -0.15) is 0 Å². The number of aryl methyl sites for hydroxylation is 1. The van der Waals surface area contributed by atoms with Crippen LogP contribution in [0.25, 0.3) is 0 Å². The number of amides is 1. The van der Waals surface area contributed by atoms with E-state index < -0.39 is 5.60 Å². The molecule has 5 heteroatoms. The van der Waals surface area contributed by atoms with E-state index in [9.17, 15) is 9.18 Å². The van der Waals surface area contributed by atoms with E-state index in [1.807, 2.05) is 27.7 Å². The van der Waals surface area contributed by atoms with E-state index in [0.29, 0.717) is 13.1 Å². The van der Waals surface area contributed by atoms with Crippen molar-refractivity contribution in [1.82, 2.24) is 4.90 Å². The molecule has 0 N–H and O–H groups in total. The van der Waals surface area contributed by atoms with Crippen molar-refractivity contribution >= 4 is 11.8 Å². The number of halogens is 1. The summed E-state index contributed by atoms with van der Waals surface area (Å²) >= 11 is 0. The Morgan fingerprint density at radius 3 is 2.33 bits per heavy atom. The van der Waals surface area contributed by atoms with E-state index in [-0.39, 0.29) is 11.9 Å². The topological polar surface area (TPSA) is 32.8 Å². The molecule has 1 aromatic carbocycles. The van der Waals surface area contributed by atoms with E-state index >= 15 is 0 Å². The van der Waals surface area contributed by atoms with Gasteiger partial charge in [0.05, 0.1) is 0 Å². The molecule has 1 heterocycles. The van der Waals surface area contributed by atoms with Gasteiger partial charge in [0, 0.05) is 31.9 Å². The first kappa shape index (κ1) is 15.6. The summed E-state index contributed by atoms with van der Waals surface area (Å²) in [6, 6.07) is 4.81. The molecule has 1 amide bonds. The second-order valence-corrected chi connectivity index (χ2v) is 6.39. The van der Waals surface area contributed by atoms with Crippen LogP contribution in [0.2, 0.25) is 0 Å². The first-order chi connectivity index (χ1) is 9.76. The molecule has 116 valence electrons. The fraction of sp³-hybridized carbons (Fsp3) is 0.562. The van der Waals surface area contributed by atoms with Crippen molar-refractivity contribution < 1.29 is 13.9 Å². The third kappa shape index (κ3) is 4.09. The second kappa shape index (κ2) is 5.92. The summed E-state index contributed by atoms with van der Waals surface area (Å²) in [6.07, 6.45) is -0.266. The molecule has 0 bridgehead atoms. The summed E-state index contributed by atoms with van der Waals surface area (Å²) in [6.45, 7) is 10.2. The molecule has 1 aliphatic heterocycles. The maximum Gasteiger partial charge on any atom is 0.410 e. The molecule has 0 spiro atoms. The lowest BCUT2D eigenvalue weighted by molar-refractivity contribution is 0.0240. The number of hydrogen-bond donors (Lipinski definition) is 0. The SMILES string of the molecule is Cc1cc(F)ccc1N1CCN(C(=O)OC(C)(C)C)CC1. The van der Waals surface area contributed by atoms with Crippen LogP contribution in [0.5, 0.6) is 0 Å². The number of carbonyl (C=O) groups is 1. The van der Waals surface area contributed by atoms with Gasteiger partial charge in [0.25, 0.3) is 0 Å². The largest absolute Gasteiger partial charge is 0.444 e. The maximum absolute atomic E-state index is 13.2. The fourth-order valence-corrected chi connectivity index (χ4v) is 2.43. The molecular formula is C16H23FN2O2. The van der Waals surface area contributed by atoms with Gasteiger partial charge >= 0.3 is 6.09 Å². The lowest BCUT2D eigenvalue weighted by Crippen LogP contribution is -2.50. The molecule has 0 radical (unpaired) electrons. The lowest BCUT2D eigenvalue weighted by Gasteiger charge is -2.37. The average Bonchev–Trinajstić information content (AvgIpc) is 2.37. The molecule has 1 fully saturated rings. The molecule has 1 saturated heterocycles. The van der Waals surface area contributed by atoms with Gasteiger partial charge in [0.15, 0.2) is 0 Å². The van der Waals surface area contributed by atoms with Crippen molar-refractivity contribution in [1.29, 1.82) is 0 Å². The molecule has 0 aliphatic carbocycles. The van der Waals surface area contributed by atoms with Crippen molar-refractivity contribution in [3.63, 3.8) is 0 Å². The van der Waals surface area contributed by atoms with Crippen molar-refractivity contribution in [3.8, 4) is 0 Å². The number of nitrogens with zero attached hydrogens (tertiary/aromatic N) is 2. The van der Waals surface area contributed by atoms with Crippen molar-refractivity contribution in [2.75, 3.05) is 31.1 Å². The Morgan fingerprint density at radius 2 is 1.81 bits per heavy atom. The molecule has 0 aromatic heterocycles. The number of hydrogen-bond acceptors (Lipinski definition) is 3. The molecule has 21 heavy (non-hydrogen) atoms. The third-order valence-corrected chi connectivity index (χ3v) is 3.43. The number of carbonyl (C=O) groups excluding carboxylic acids is 1. The zero-order chi connectivity index (χ0) is 15.6. The first-order valence-corrected chi connectivity index (χ1v) is 7.25. The molecular weight excluding hydrogens is 271 g/mol. The van der Waals surface area contributed by atoms with Crippen molar-refractivity contribution in [2.45, 2.75) is 33.3 Å². The summed E-state index contributed by atoms with van der Waals surface area (Å²) in [7, 11) is 0. The van der Waals surface area contributed by atoms with Crippen LogP contribution in [0, 0.1) is 12.7 Å². The van der Waals surface area contributed by atoms with Crippen molar-refractivity contribution in [2.24, 2.45) is 0 Å². The van der Waals surface area contributed by atoms with Gasteiger partial charge in [-0.25, -0.2) is 9.18 Å². The summed E-state index contributed by atoms with van der Waals surface area (Å²) in [5.74, 6) is -0.219. The molecule has 2 rings (SSSR count). The molecule has 0 unspecified atom stereocenters. The Labute approximate surface area is 125 Å². The van der Waals surface area contributed by atoms with Crippen LogP contribution >= 0.6 is 0 Å². The van der Waals surface area contributed by atoms with Crippen LogP contribution in [-0.4, -0.2) is 42.8 Å². The maximum atomic E-state index is 13.2. The Bertz CT molecular complexity index is 517. The highest BCUT2D eigenvalue weighted by atomic mass is 19.1. The predicted octanol–water partition coefficient (Wildman–Crippen LogP) is 3.19. The first-order valence-electron chi connectivity index (χ1n) is 7.25. The minimum atomic E-state index is -0.470. The molecule has 0 atom stereocenters. The summed E-state index contributed by atoms with van der Waals surface area (Å²) in [4.78, 5) is 15.9. The smallest absolute Gasteiger partial charge is 0.410 e. The number of rotatable bonds is 1. The highest BCUT2D eigenvalue weighted by Gasteiger charge is 2.26. The van der Waals surface area contributed by atoms with Gasteiger partial charge in [0.1, 0.15) is 11.4 Å². The zero-order valence-corrected chi connectivity index (χ0v) is 13.1. The number of piperazine rings is 1. The number of benzene rings is 1. The van der Waals surface area contributed by atoms with E-state index in [4.69, 9.17) is 4.74 Å². The van der Waals surface area contributed by atoms with Gasteiger partial charge < -0.3 is 14.5 Å². The fourth-order valence-electron chi connectivity index (χ4n) is 2.43. The van der Waals surface area contributed by atoms with E-state index in [2.05, 4.69) is 4.90 Å². The van der Waals surface area contributed by atoms with Gasteiger partial charge in [-0.3, -0.25) is 0 Å². The average molecular weight is 294 g/mol. The number of anilines is 1. The van der Waals surface area contributed by atoms with Crippen LogP contribution in [0.1, 0.15) is 26.3 Å². The minimum Gasteiger partial charge on any atom is -0.444 e. The van der Waals surface area contributed by atoms with Crippen LogP contribution in [0.4, 0.5) is 14.9 Å². The third-order valence-electron chi connectivity index (χ3n) is 3.43. The van der Waals surface area contributed by atoms with E-state index in [1.54, 1.807) is 11.0 Å². The lowest BCUT2D eigenvalue weighted by atomic mass is 10.1. The van der Waals surface area contributed by atoms with E-state index in [0.717, 1.165) is 24.3 Å². The van der Waals surface area contributed by atoms with Crippen LogP contribution in [0.3, 0.4) is 0 Å². The summed E-state index contributed by atoms with van der Waals surface area (Å²) in [5.41, 5.74) is 1.47. The van der Waals surface area contributed by atoms with Crippen LogP contribution in [-0.2, 0) is 4.74 Å². The van der Waals surface area contributed by atoms with Gasteiger partial charge in [0.2, 0.25) is 0 Å². The minimum absolute atomic E-state index is 0.219. The van der Waals surface area contributed by atoms with Crippen molar-refractivity contribution in [3.05, 3.63) is 29.6 Å². The molecule has 4 nitrogen and oxygen atoms in total. The zero-order valence-electron chi connectivity index (χ0n) is 13.1. The predicted molar refractivity (Wildman–Crippen MR) is 81.2 cm³/mol. The molecule has 0 saturated carbocycles. The number of ether oxygens (including phenoxy) is 1. The monoisotopic (exact) mass is 294 g/mol. The van der Waals surface area contributed by atoms with Gasteiger partial charge in [-0.15, -0.1) is 0 Å². The quantitative estimate of drug-likeness (QED) is 0.797. The summed E-state index contributed by atoms with van der Waals surface area (Å²) in [5, 5.41) is 0. The Kier molecular flexibility index (Phi) is 4.40. The molecule has 1 aliphatic rings. The standard InChI is InChI=1S/C16H23FN2O2/c1-12-11-13(17)5-6-14(12)18-7-9-19(10-8-18)15(20)21-16(2,3)4/h5-6,11H,7-10H2,1-4H3. The highest BCUT2D eigenvalue weighted by molar-refractivity contribution is 5.68. The molecule has 1 aromatic rings. The second-order valence-electron chi connectivity index (χ2n) is 6.39. The highest BCUT2D eigenvalue weighted by Crippen LogP contribution is 2.22.